The summed E-state index contributed by atoms with van der Waals surface area (Å²) in [5.41, 5.74) is 1.88. The van der Waals surface area contributed by atoms with Gasteiger partial charge in [-0.3, -0.25) is 0 Å². The fraction of sp³-hybridized carbons (Fsp3) is 0.273. The Kier molecular flexibility index (Phi) is 5.49. The van der Waals surface area contributed by atoms with Gasteiger partial charge < -0.3 is 19.1 Å². The van der Waals surface area contributed by atoms with Gasteiger partial charge in [0.1, 0.15) is 23.5 Å². The molecule has 1 aliphatic heterocycles. The molecule has 1 aliphatic rings. The van der Waals surface area contributed by atoms with Crippen LogP contribution in [-0.2, 0) is 0 Å². The number of nitrogens with zero attached hydrogens (tertiary/aromatic N) is 6. The van der Waals surface area contributed by atoms with Gasteiger partial charge in [0.2, 0.25) is 5.82 Å². The van der Waals surface area contributed by atoms with Gasteiger partial charge in [-0.05, 0) is 30.5 Å². The highest BCUT2D eigenvalue weighted by atomic mass is 32.1. The van der Waals surface area contributed by atoms with E-state index in [9.17, 15) is 0 Å². The van der Waals surface area contributed by atoms with Crippen LogP contribution in [-0.4, -0.2) is 52.9 Å². The van der Waals surface area contributed by atoms with Gasteiger partial charge in [-0.15, -0.1) is 11.3 Å². The molecule has 5 rings (SSSR count). The molecule has 0 N–H and O–H groups in total. The van der Waals surface area contributed by atoms with E-state index >= 15 is 0 Å². The highest BCUT2D eigenvalue weighted by Gasteiger charge is 2.25. The number of hydrogen-bond donors (Lipinski definition) is 0. The van der Waals surface area contributed by atoms with Gasteiger partial charge in [-0.1, -0.05) is 23.4 Å². The minimum Gasteiger partial charge on any atom is -0.492 e. The van der Waals surface area contributed by atoms with Crippen LogP contribution in [0, 0.1) is 0 Å². The van der Waals surface area contributed by atoms with Crippen molar-refractivity contribution in [1.82, 2.24) is 20.1 Å². The lowest BCUT2D eigenvalue weighted by atomic mass is 10.2. The smallest absolute Gasteiger partial charge is 0.263 e. The Morgan fingerprint density at radius 1 is 1.06 bits per heavy atom. The number of para-hydroxylation sites is 2. The number of hydrogen-bond acceptors (Lipinski definition) is 9. The number of ether oxygens (including phenoxy) is 1. The molecular weight excluding hydrogens is 412 g/mol. The standard InChI is InChI=1S/C22H22N6O2S/c1-2-29-18-7-4-3-6-17(18)27-9-11-28(12-10-27)21-16(14-23-15-24-21)22-25-20(26-30-22)19-8-5-13-31-19/h3-8,13-15H,2,9-12H2,1H3. The first-order valence-corrected chi connectivity index (χ1v) is 11.1. The maximum absolute atomic E-state index is 5.81. The highest BCUT2D eigenvalue weighted by molar-refractivity contribution is 7.13. The summed E-state index contributed by atoms with van der Waals surface area (Å²) in [6, 6.07) is 12.1. The third kappa shape index (κ3) is 3.96. The first kappa shape index (κ1) is 19.5. The van der Waals surface area contributed by atoms with Crippen LogP contribution in [0.5, 0.6) is 5.75 Å². The van der Waals surface area contributed by atoms with E-state index in [2.05, 4.69) is 36.0 Å². The Balaban J connectivity index is 1.35. The van der Waals surface area contributed by atoms with Crippen LogP contribution in [0.15, 0.2) is 58.8 Å². The van der Waals surface area contributed by atoms with Gasteiger partial charge in [0.05, 0.1) is 17.2 Å². The Morgan fingerprint density at radius 3 is 2.71 bits per heavy atom. The minimum absolute atomic E-state index is 0.433. The van der Waals surface area contributed by atoms with E-state index < -0.39 is 0 Å². The lowest BCUT2D eigenvalue weighted by molar-refractivity contribution is 0.340. The number of anilines is 2. The quantitative estimate of drug-likeness (QED) is 0.451. The minimum atomic E-state index is 0.433. The second-order valence-corrected chi connectivity index (χ2v) is 7.98. The Morgan fingerprint density at radius 2 is 1.90 bits per heavy atom. The van der Waals surface area contributed by atoms with Crippen LogP contribution in [0.1, 0.15) is 6.92 Å². The first-order chi connectivity index (χ1) is 15.3. The van der Waals surface area contributed by atoms with E-state index in [0.717, 1.165) is 53.9 Å². The largest absolute Gasteiger partial charge is 0.492 e. The van der Waals surface area contributed by atoms with E-state index in [-0.39, 0.29) is 0 Å². The van der Waals surface area contributed by atoms with Crippen LogP contribution in [0.3, 0.4) is 0 Å². The summed E-state index contributed by atoms with van der Waals surface area (Å²) in [5.74, 6) is 2.75. The molecule has 8 nitrogen and oxygen atoms in total. The topological polar surface area (TPSA) is 80.4 Å². The van der Waals surface area contributed by atoms with Crippen LogP contribution in [0.2, 0.25) is 0 Å². The maximum Gasteiger partial charge on any atom is 0.263 e. The zero-order chi connectivity index (χ0) is 21.0. The average Bonchev–Trinajstić information content (AvgIpc) is 3.52. The van der Waals surface area contributed by atoms with E-state index in [1.807, 2.05) is 42.6 Å². The van der Waals surface area contributed by atoms with Crippen molar-refractivity contribution in [2.24, 2.45) is 0 Å². The van der Waals surface area contributed by atoms with Crippen LogP contribution in [0.4, 0.5) is 11.5 Å². The van der Waals surface area contributed by atoms with Gasteiger partial charge in [0.25, 0.3) is 5.89 Å². The molecule has 0 amide bonds. The van der Waals surface area contributed by atoms with Crippen molar-refractivity contribution >= 4 is 22.8 Å². The third-order valence-corrected chi connectivity index (χ3v) is 6.04. The van der Waals surface area contributed by atoms with Crippen molar-refractivity contribution in [1.29, 1.82) is 0 Å². The molecule has 0 atom stereocenters. The monoisotopic (exact) mass is 434 g/mol. The maximum atomic E-state index is 5.81. The summed E-state index contributed by atoms with van der Waals surface area (Å²) in [5, 5.41) is 6.12. The Bertz CT molecular complexity index is 1140. The highest BCUT2D eigenvalue weighted by Crippen LogP contribution is 2.32. The molecule has 1 fully saturated rings. The second-order valence-electron chi connectivity index (χ2n) is 7.04. The van der Waals surface area contributed by atoms with Gasteiger partial charge in [-0.25, -0.2) is 9.97 Å². The fourth-order valence-corrected chi connectivity index (χ4v) is 4.37. The van der Waals surface area contributed by atoms with Crippen molar-refractivity contribution in [2.45, 2.75) is 6.92 Å². The number of aromatic nitrogens is 4. The summed E-state index contributed by atoms with van der Waals surface area (Å²) in [4.78, 5) is 18.9. The van der Waals surface area contributed by atoms with Crippen molar-refractivity contribution in [3.63, 3.8) is 0 Å². The fourth-order valence-electron chi connectivity index (χ4n) is 3.72. The molecule has 0 saturated carbocycles. The summed E-state index contributed by atoms with van der Waals surface area (Å²) >= 11 is 1.58. The number of benzene rings is 1. The predicted molar refractivity (Wildman–Crippen MR) is 121 cm³/mol. The molecule has 0 radical (unpaired) electrons. The Labute approximate surface area is 184 Å². The SMILES string of the molecule is CCOc1ccccc1N1CCN(c2ncncc2-c2nc(-c3cccs3)no2)CC1. The molecule has 0 spiro atoms. The number of thiophene rings is 1. The predicted octanol–water partition coefficient (Wildman–Crippen LogP) is 3.98. The van der Waals surface area contributed by atoms with Crippen LogP contribution < -0.4 is 14.5 Å². The molecule has 9 heteroatoms. The number of rotatable bonds is 6. The van der Waals surface area contributed by atoms with E-state index in [4.69, 9.17) is 9.26 Å². The first-order valence-electron chi connectivity index (χ1n) is 10.2. The molecule has 31 heavy (non-hydrogen) atoms. The van der Waals surface area contributed by atoms with Crippen LogP contribution >= 0.6 is 11.3 Å². The second kappa shape index (κ2) is 8.73. The van der Waals surface area contributed by atoms with Crippen LogP contribution in [0.25, 0.3) is 22.2 Å². The molecule has 0 bridgehead atoms. The summed E-state index contributed by atoms with van der Waals surface area (Å²) < 4.78 is 11.4. The van der Waals surface area contributed by atoms with E-state index in [0.29, 0.717) is 18.3 Å². The van der Waals surface area contributed by atoms with Crippen molar-refractivity contribution in [3.05, 3.63) is 54.3 Å². The van der Waals surface area contributed by atoms with Crippen molar-refractivity contribution < 1.29 is 9.26 Å². The Hall–Kier alpha value is -3.46. The molecule has 4 aromatic rings. The summed E-state index contributed by atoms with van der Waals surface area (Å²) in [6.45, 7) is 6.01. The van der Waals surface area contributed by atoms with Gasteiger partial charge in [-0.2, -0.15) is 4.98 Å². The van der Waals surface area contributed by atoms with E-state index in [1.54, 1.807) is 23.9 Å². The molecule has 1 saturated heterocycles. The zero-order valence-electron chi connectivity index (χ0n) is 17.1. The zero-order valence-corrected chi connectivity index (χ0v) is 18.0. The lowest BCUT2D eigenvalue weighted by Gasteiger charge is -2.37. The average molecular weight is 435 g/mol. The summed E-state index contributed by atoms with van der Waals surface area (Å²) in [6.07, 6.45) is 3.30. The van der Waals surface area contributed by atoms with Gasteiger partial charge in [0, 0.05) is 32.4 Å². The summed E-state index contributed by atoms with van der Waals surface area (Å²) in [7, 11) is 0. The van der Waals surface area contributed by atoms with Gasteiger partial charge >= 0.3 is 0 Å². The molecule has 4 heterocycles. The van der Waals surface area contributed by atoms with Crippen molar-refractivity contribution in [2.75, 3.05) is 42.6 Å². The molecular formula is C22H22N6O2S. The molecule has 1 aromatic carbocycles. The van der Waals surface area contributed by atoms with Crippen molar-refractivity contribution in [3.8, 4) is 27.9 Å². The molecule has 0 unspecified atom stereocenters. The number of piperazine rings is 1. The third-order valence-electron chi connectivity index (χ3n) is 5.17. The molecule has 3 aromatic heterocycles. The molecule has 158 valence electrons. The van der Waals surface area contributed by atoms with E-state index in [1.165, 1.54) is 0 Å². The molecule has 0 aliphatic carbocycles. The van der Waals surface area contributed by atoms with Gasteiger partial charge in [0.15, 0.2) is 0 Å². The normalized spacial score (nSPS) is 14.1. The lowest BCUT2D eigenvalue weighted by Crippen LogP contribution is -2.47.